The summed E-state index contributed by atoms with van der Waals surface area (Å²) in [5.74, 6) is -6.36. The van der Waals surface area contributed by atoms with Crippen LogP contribution in [0.1, 0.15) is 11.1 Å². The Labute approximate surface area is 140 Å². The minimum Gasteiger partial charge on any atom is -0.377 e. The molecule has 2 aromatic rings. The van der Waals surface area contributed by atoms with Crippen molar-refractivity contribution in [1.82, 2.24) is 0 Å². The fourth-order valence-electron chi connectivity index (χ4n) is 2.57. The molecule has 0 spiro atoms. The van der Waals surface area contributed by atoms with Crippen LogP contribution in [-0.2, 0) is 5.60 Å². The summed E-state index contributed by atoms with van der Waals surface area (Å²) in [6.45, 7) is 0. The van der Waals surface area contributed by atoms with Crippen molar-refractivity contribution in [3.8, 4) is 0 Å². The molecule has 0 aliphatic heterocycles. The molecule has 0 amide bonds. The molecule has 0 saturated carbocycles. The Balaban J connectivity index is 2.85. The van der Waals surface area contributed by atoms with Gasteiger partial charge >= 0.3 is 12.1 Å². The molecule has 2 rings (SSSR count). The quantitative estimate of drug-likeness (QED) is 0.818. The summed E-state index contributed by atoms with van der Waals surface area (Å²) in [6, 6.07) is 7.81. The molecule has 0 fully saturated rings. The van der Waals surface area contributed by atoms with Gasteiger partial charge in [0.25, 0.3) is 0 Å². The molecule has 1 unspecified atom stereocenters. The van der Waals surface area contributed by atoms with E-state index in [2.05, 4.69) is 0 Å². The number of rotatable bonds is 4. The second-order valence-electron chi connectivity index (χ2n) is 5.70. The number of alkyl halides is 5. The number of hydrogen-bond acceptors (Lipinski definition) is 2. The summed E-state index contributed by atoms with van der Waals surface area (Å²) in [6.07, 6.45) is -6.03. The Morgan fingerprint density at radius 3 is 1.84 bits per heavy atom. The number of aliphatic hydroxyl groups is 1. The summed E-state index contributed by atoms with van der Waals surface area (Å²) in [5, 5.41) is 10.7. The van der Waals surface area contributed by atoms with Gasteiger partial charge in [0.1, 0.15) is 5.82 Å². The van der Waals surface area contributed by atoms with Crippen LogP contribution in [0, 0.1) is 5.82 Å². The number of para-hydroxylation sites is 1. The fraction of sp³-hybridized carbons (Fsp3) is 0.294. The monoisotopic (exact) mass is 363 g/mol. The van der Waals surface area contributed by atoms with Crippen LogP contribution in [0.4, 0.5) is 32.0 Å². The maximum Gasteiger partial charge on any atom is 0.457 e. The molecule has 2 aromatic carbocycles. The van der Waals surface area contributed by atoms with Gasteiger partial charge in [-0.25, -0.2) is 4.39 Å². The molecule has 25 heavy (non-hydrogen) atoms. The van der Waals surface area contributed by atoms with Crippen molar-refractivity contribution < 1.29 is 31.4 Å². The van der Waals surface area contributed by atoms with E-state index >= 15 is 0 Å². The Hall–Kier alpha value is -2.22. The second kappa shape index (κ2) is 6.25. The van der Waals surface area contributed by atoms with E-state index in [0.29, 0.717) is 24.3 Å². The van der Waals surface area contributed by atoms with Crippen LogP contribution >= 0.6 is 0 Å². The molecule has 2 nitrogen and oxygen atoms in total. The van der Waals surface area contributed by atoms with E-state index in [9.17, 15) is 31.4 Å². The molecular weight excluding hydrogens is 348 g/mol. The van der Waals surface area contributed by atoms with Gasteiger partial charge in [0.05, 0.1) is 0 Å². The van der Waals surface area contributed by atoms with Gasteiger partial charge in [0.15, 0.2) is 5.60 Å². The molecule has 0 heterocycles. The van der Waals surface area contributed by atoms with Crippen molar-refractivity contribution in [2.24, 2.45) is 0 Å². The molecule has 1 atom stereocenters. The number of hydrogen-bond donors (Lipinski definition) is 1. The summed E-state index contributed by atoms with van der Waals surface area (Å²) >= 11 is 0. The van der Waals surface area contributed by atoms with Crippen molar-refractivity contribution in [3.05, 3.63) is 65.5 Å². The van der Waals surface area contributed by atoms with Crippen molar-refractivity contribution in [2.75, 3.05) is 19.0 Å². The summed E-state index contributed by atoms with van der Waals surface area (Å²) in [5.41, 5.74) is -5.18. The second-order valence-corrected chi connectivity index (χ2v) is 5.70. The van der Waals surface area contributed by atoms with Crippen LogP contribution in [-0.4, -0.2) is 31.3 Å². The highest BCUT2D eigenvalue weighted by Crippen LogP contribution is 2.53. The minimum absolute atomic E-state index is 0.0294. The summed E-state index contributed by atoms with van der Waals surface area (Å²) in [4.78, 5) is 1.30. The lowest BCUT2D eigenvalue weighted by Crippen LogP contribution is -2.56. The van der Waals surface area contributed by atoms with E-state index in [1.165, 1.54) is 37.2 Å². The minimum atomic E-state index is -6.03. The van der Waals surface area contributed by atoms with Gasteiger partial charge in [-0.05, 0) is 23.8 Å². The lowest BCUT2D eigenvalue weighted by Gasteiger charge is -2.39. The first-order chi connectivity index (χ1) is 11.4. The maximum absolute atomic E-state index is 14.4. The SMILES string of the molecule is CN(C)c1ccccc1C(O)(c1ccc(F)cc1)C(F)(F)C(F)(F)F. The van der Waals surface area contributed by atoms with E-state index in [1.807, 2.05) is 0 Å². The lowest BCUT2D eigenvalue weighted by molar-refractivity contribution is -0.336. The highest BCUT2D eigenvalue weighted by Gasteiger charge is 2.71. The van der Waals surface area contributed by atoms with E-state index in [0.717, 1.165) is 6.07 Å². The van der Waals surface area contributed by atoms with Gasteiger partial charge in [-0.1, -0.05) is 30.3 Å². The lowest BCUT2D eigenvalue weighted by atomic mass is 9.79. The van der Waals surface area contributed by atoms with Crippen LogP contribution in [0.25, 0.3) is 0 Å². The molecule has 0 aliphatic rings. The topological polar surface area (TPSA) is 23.5 Å². The molecule has 0 bridgehead atoms. The van der Waals surface area contributed by atoms with Crippen LogP contribution in [0.2, 0.25) is 0 Å². The van der Waals surface area contributed by atoms with E-state index in [-0.39, 0.29) is 5.69 Å². The zero-order valence-electron chi connectivity index (χ0n) is 13.3. The predicted octanol–water partition coefficient (Wildman–Crippen LogP) is 4.33. The van der Waals surface area contributed by atoms with Crippen LogP contribution < -0.4 is 4.90 Å². The van der Waals surface area contributed by atoms with Gasteiger partial charge in [0.2, 0.25) is 0 Å². The van der Waals surface area contributed by atoms with E-state index in [4.69, 9.17) is 0 Å². The normalized spacial score (nSPS) is 14.9. The van der Waals surface area contributed by atoms with Crippen LogP contribution in [0.3, 0.4) is 0 Å². The van der Waals surface area contributed by atoms with Crippen LogP contribution in [0.15, 0.2) is 48.5 Å². The highest BCUT2D eigenvalue weighted by atomic mass is 19.4. The van der Waals surface area contributed by atoms with Crippen molar-refractivity contribution in [1.29, 1.82) is 0 Å². The van der Waals surface area contributed by atoms with Gasteiger partial charge < -0.3 is 10.0 Å². The fourth-order valence-corrected chi connectivity index (χ4v) is 2.57. The van der Waals surface area contributed by atoms with Crippen molar-refractivity contribution in [2.45, 2.75) is 17.7 Å². The third-order valence-corrected chi connectivity index (χ3v) is 3.85. The predicted molar refractivity (Wildman–Crippen MR) is 81.2 cm³/mol. The molecule has 136 valence electrons. The van der Waals surface area contributed by atoms with Gasteiger partial charge in [-0.2, -0.15) is 22.0 Å². The zero-order valence-corrected chi connectivity index (χ0v) is 13.3. The Bertz CT molecular complexity index is 742. The average Bonchev–Trinajstić information content (AvgIpc) is 2.53. The van der Waals surface area contributed by atoms with Crippen molar-refractivity contribution >= 4 is 5.69 Å². The first-order valence-electron chi connectivity index (χ1n) is 7.12. The smallest absolute Gasteiger partial charge is 0.377 e. The largest absolute Gasteiger partial charge is 0.457 e. The van der Waals surface area contributed by atoms with Crippen LogP contribution in [0.5, 0.6) is 0 Å². The van der Waals surface area contributed by atoms with Crippen molar-refractivity contribution in [3.63, 3.8) is 0 Å². The molecular formula is C17H15F6NO. The van der Waals surface area contributed by atoms with E-state index in [1.54, 1.807) is 0 Å². The molecule has 0 radical (unpaired) electrons. The number of nitrogens with zero attached hydrogens (tertiary/aromatic N) is 1. The summed E-state index contributed by atoms with van der Waals surface area (Å²) < 4.78 is 81.3. The Morgan fingerprint density at radius 1 is 0.840 bits per heavy atom. The van der Waals surface area contributed by atoms with Gasteiger partial charge in [-0.3, -0.25) is 0 Å². The third-order valence-electron chi connectivity index (χ3n) is 3.85. The third kappa shape index (κ3) is 3.06. The summed E-state index contributed by atoms with van der Waals surface area (Å²) in [7, 11) is 2.88. The maximum atomic E-state index is 14.4. The standard InChI is InChI=1S/C17H15F6NO/c1-24(2)14-6-4-3-5-13(14)15(25,16(19,20)17(21,22)23)11-7-9-12(18)10-8-11/h3-10,25H,1-2H3. The zero-order chi connectivity index (χ0) is 19.0. The number of benzene rings is 2. The number of halogens is 6. The van der Waals surface area contributed by atoms with E-state index < -0.39 is 34.6 Å². The molecule has 0 aromatic heterocycles. The van der Waals surface area contributed by atoms with Gasteiger partial charge in [-0.15, -0.1) is 0 Å². The Morgan fingerprint density at radius 2 is 1.36 bits per heavy atom. The first-order valence-corrected chi connectivity index (χ1v) is 7.12. The Kier molecular flexibility index (Phi) is 4.78. The average molecular weight is 363 g/mol. The highest BCUT2D eigenvalue weighted by molar-refractivity contribution is 5.59. The molecule has 8 heteroatoms. The molecule has 0 saturated heterocycles. The first kappa shape index (κ1) is 19.1. The molecule has 0 aliphatic carbocycles. The number of anilines is 1. The van der Waals surface area contributed by atoms with Gasteiger partial charge in [0, 0.05) is 25.3 Å². The molecule has 1 N–H and O–H groups in total.